The van der Waals surface area contributed by atoms with E-state index in [4.69, 9.17) is 0 Å². The summed E-state index contributed by atoms with van der Waals surface area (Å²) in [5.74, 6) is 0. The zero-order valence-corrected chi connectivity index (χ0v) is 25.5. The minimum absolute atomic E-state index is 0.131. The summed E-state index contributed by atoms with van der Waals surface area (Å²) >= 11 is 0. The molecular weight excluding hydrogens is 544 g/mol. The second-order valence-electron chi connectivity index (χ2n) is 11.7. The Morgan fingerprint density at radius 2 is 0.756 bits per heavy atom. The van der Waals surface area contributed by atoms with Crippen molar-refractivity contribution in [3.63, 3.8) is 0 Å². The van der Waals surface area contributed by atoms with Gasteiger partial charge in [-0.05, 0) is 96.3 Å². The van der Waals surface area contributed by atoms with Crippen LogP contribution in [0.15, 0.2) is 188 Å². The highest BCUT2D eigenvalue weighted by Gasteiger charge is 2.30. The number of rotatable bonds is 8. The van der Waals surface area contributed by atoms with Gasteiger partial charge in [-0.15, -0.1) is 0 Å². The third-order valence-electron chi connectivity index (χ3n) is 8.59. The molecule has 0 saturated carbocycles. The van der Waals surface area contributed by atoms with Crippen molar-refractivity contribution >= 4 is 28.4 Å². The van der Waals surface area contributed by atoms with E-state index in [0.29, 0.717) is 0 Å². The molecule has 1 aliphatic rings. The van der Waals surface area contributed by atoms with Gasteiger partial charge >= 0.3 is 0 Å². The van der Waals surface area contributed by atoms with E-state index in [0.717, 1.165) is 23.5 Å². The van der Waals surface area contributed by atoms with Crippen molar-refractivity contribution in [3.05, 3.63) is 188 Å². The molecule has 6 aromatic rings. The second-order valence-corrected chi connectivity index (χ2v) is 11.7. The Labute approximate surface area is 266 Å². The monoisotopic (exact) mass is 580 g/mol. The topological polar surface area (TPSA) is 6.48 Å². The van der Waals surface area contributed by atoms with E-state index in [9.17, 15) is 0 Å². The molecule has 0 N–H and O–H groups in total. The molecule has 1 aliphatic carbocycles. The molecule has 0 bridgehead atoms. The molecule has 6 aromatic carbocycles. The molecule has 1 unspecified atom stereocenters. The van der Waals surface area contributed by atoms with Gasteiger partial charge in [-0.2, -0.15) is 0 Å². The Morgan fingerprint density at radius 1 is 0.400 bits per heavy atom. The highest BCUT2D eigenvalue weighted by molar-refractivity contribution is 5.79. The fourth-order valence-electron chi connectivity index (χ4n) is 6.26. The third kappa shape index (κ3) is 5.96. The quantitative estimate of drug-likeness (QED) is 0.177. The summed E-state index contributed by atoms with van der Waals surface area (Å²) in [7, 11) is 0. The Kier molecular flexibility index (Phi) is 7.87. The maximum atomic E-state index is 2.44. The minimum atomic E-state index is -0.131. The fraction of sp³-hybridized carbons (Fsp3) is 0.0698. The molecule has 0 aromatic heterocycles. The summed E-state index contributed by atoms with van der Waals surface area (Å²) in [6.07, 6.45) is 9.81. The lowest BCUT2D eigenvalue weighted by Gasteiger charge is -2.41. The van der Waals surface area contributed by atoms with Crippen LogP contribution < -0.4 is 9.80 Å². The number of nitrogens with zero attached hydrogens (tertiary/aromatic N) is 2. The normalized spacial score (nSPS) is 15.5. The lowest BCUT2D eigenvalue weighted by Crippen LogP contribution is -2.42. The molecule has 218 valence electrons. The standard InChI is InChI=1S/C43H36N2/c1-43(32-12-5-13-33-43)45(41-18-10-4-11-19-41)42-30-26-37(27-31-42)35-22-20-34(21-23-35)36-24-28-40(29-25-36)44(38-14-6-2-7-15-38)39-16-8-3-9-17-39/h2-32H,33H2,1H3. The number of allylic oxidation sites excluding steroid dienone is 2. The van der Waals surface area contributed by atoms with Crippen LogP contribution in [0.25, 0.3) is 22.3 Å². The van der Waals surface area contributed by atoms with E-state index in [-0.39, 0.29) is 5.54 Å². The van der Waals surface area contributed by atoms with E-state index >= 15 is 0 Å². The van der Waals surface area contributed by atoms with E-state index in [1.807, 2.05) is 0 Å². The van der Waals surface area contributed by atoms with Gasteiger partial charge in [-0.1, -0.05) is 127 Å². The van der Waals surface area contributed by atoms with Crippen LogP contribution in [0.3, 0.4) is 0 Å². The predicted molar refractivity (Wildman–Crippen MR) is 192 cm³/mol. The first-order chi connectivity index (χ1) is 22.2. The molecule has 0 amide bonds. The highest BCUT2D eigenvalue weighted by Crippen LogP contribution is 2.39. The van der Waals surface area contributed by atoms with Gasteiger partial charge in [-0.3, -0.25) is 0 Å². The van der Waals surface area contributed by atoms with Crippen molar-refractivity contribution in [2.24, 2.45) is 0 Å². The number of hydrogen-bond donors (Lipinski definition) is 0. The third-order valence-corrected chi connectivity index (χ3v) is 8.59. The van der Waals surface area contributed by atoms with Crippen LogP contribution in [0.4, 0.5) is 28.4 Å². The Bertz CT molecular complexity index is 1850. The van der Waals surface area contributed by atoms with E-state index in [1.165, 1.54) is 33.6 Å². The van der Waals surface area contributed by atoms with Gasteiger partial charge in [0.05, 0.1) is 5.54 Å². The van der Waals surface area contributed by atoms with Crippen molar-refractivity contribution < 1.29 is 0 Å². The average Bonchev–Trinajstić information content (AvgIpc) is 3.11. The van der Waals surface area contributed by atoms with E-state index in [2.05, 4.69) is 205 Å². The maximum Gasteiger partial charge on any atom is 0.0642 e. The highest BCUT2D eigenvalue weighted by atomic mass is 15.2. The molecular formula is C43H36N2. The Morgan fingerprint density at radius 3 is 1.18 bits per heavy atom. The molecule has 0 heterocycles. The van der Waals surface area contributed by atoms with Crippen molar-refractivity contribution in [1.82, 2.24) is 0 Å². The smallest absolute Gasteiger partial charge is 0.0642 e. The van der Waals surface area contributed by atoms with Crippen LogP contribution in [-0.4, -0.2) is 5.54 Å². The molecule has 7 rings (SSSR count). The van der Waals surface area contributed by atoms with Gasteiger partial charge in [0.25, 0.3) is 0 Å². The molecule has 2 heteroatoms. The van der Waals surface area contributed by atoms with Crippen molar-refractivity contribution in [2.75, 3.05) is 9.80 Å². The molecule has 0 aliphatic heterocycles. The zero-order chi connectivity index (χ0) is 30.5. The summed E-state index contributed by atoms with van der Waals surface area (Å²) in [6, 6.07) is 58.4. The van der Waals surface area contributed by atoms with Gasteiger partial charge in [0.2, 0.25) is 0 Å². The largest absolute Gasteiger partial charge is 0.332 e. The summed E-state index contributed by atoms with van der Waals surface area (Å²) in [4.78, 5) is 4.73. The molecule has 0 spiro atoms. The lowest BCUT2D eigenvalue weighted by molar-refractivity contribution is 0.570. The van der Waals surface area contributed by atoms with Gasteiger partial charge in [0.15, 0.2) is 0 Å². The zero-order valence-electron chi connectivity index (χ0n) is 25.5. The van der Waals surface area contributed by atoms with Crippen LogP contribution in [0.1, 0.15) is 13.3 Å². The first-order valence-corrected chi connectivity index (χ1v) is 15.6. The molecule has 0 saturated heterocycles. The summed E-state index contributed by atoms with van der Waals surface area (Å²) in [6.45, 7) is 2.31. The van der Waals surface area contributed by atoms with E-state index < -0.39 is 0 Å². The molecule has 45 heavy (non-hydrogen) atoms. The van der Waals surface area contributed by atoms with Crippen LogP contribution in [0.2, 0.25) is 0 Å². The van der Waals surface area contributed by atoms with E-state index in [1.54, 1.807) is 0 Å². The van der Waals surface area contributed by atoms with Crippen LogP contribution in [0.5, 0.6) is 0 Å². The van der Waals surface area contributed by atoms with Gasteiger partial charge < -0.3 is 9.80 Å². The number of benzene rings is 6. The average molecular weight is 581 g/mol. The Hall–Kier alpha value is -5.60. The van der Waals surface area contributed by atoms with Crippen LogP contribution >= 0.6 is 0 Å². The van der Waals surface area contributed by atoms with Crippen molar-refractivity contribution in [1.29, 1.82) is 0 Å². The minimum Gasteiger partial charge on any atom is -0.332 e. The molecule has 0 fully saturated rings. The number of hydrogen-bond acceptors (Lipinski definition) is 2. The molecule has 2 nitrogen and oxygen atoms in total. The first kappa shape index (κ1) is 28.2. The SMILES string of the molecule is CC1(N(c2ccccc2)c2ccc(-c3ccc(-c4ccc(N(c5ccccc5)c5ccccc5)cc4)cc3)cc2)C=CC=CC1. The maximum absolute atomic E-state index is 2.44. The fourth-order valence-corrected chi connectivity index (χ4v) is 6.26. The van der Waals surface area contributed by atoms with Gasteiger partial charge in [0.1, 0.15) is 0 Å². The molecule has 0 radical (unpaired) electrons. The molecule has 1 atom stereocenters. The van der Waals surface area contributed by atoms with Crippen molar-refractivity contribution in [3.8, 4) is 22.3 Å². The van der Waals surface area contributed by atoms with Crippen LogP contribution in [0, 0.1) is 0 Å². The Balaban J connectivity index is 1.12. The van der Waals surface area contributed by atoms with Gasteiger partial charge in [0, 0.05) is 28.4 Å². The first-order valence-electron chi connectivity index (χ1n) is 15.6. The summed E-state index contributed by atoms with van der Waals surface area (Å²) < 4.78 is 0. The second kappa shape index (κ2) is 12.6. The number of anilines is 5. The lowest BCUT2D eigenvalue weighted by atomic mass is 9.89. The van der Waals surface area contributed by atoms with Gasteiger partial charge in [-0.25, -0.2) is 0 Å². The summed E-state index contributed by atoms with van der Waals surface area (Å²) in [5.41, 5.74) is 10.5. The van der Waals surface area contributed by atoms with Crippen molar-refractivity contribution in [2.45, 2.75) is 18.9 Å². The van der Waals surface area contributed by atoms with Crippen LogP contribution in [-0.2, 0) is 0 Å². The predicted octanol–water partition coefficient (Wildman–Crippen LogP) is 11.9. The number of para-hydroxylation sites is 3. The summed E-state index contributed by atoms with van der Waals surface area (Å²) in [5, 5.41) is 0.